The summed E-state index contributed by atoms with van der Waals surface area (Å²) >= 11 is 0. The second kappa shape index (κ2) is 8.66. The first kappa shape index (κ1) is 17.5. The van der Waals surface area contributed by atoms with Gasteiger partial charge in [0.05, 0.1) is 0 Å². The Labute approximate surface area is 149 Å². The fraction of sp³-hybridized carbons (Fsp3) is 0.348. The first-order valence-corrected chi connectivity index (χ1v) is 9.40. The van der Waals surface area contributed by atoms with Crippen molar-refractivity contribution in [3.05, 3.63) is 54.6 Å². The van der Waals surface area contributed by atoms with Crippen LogP contribution in [0.15, 0.2) is 54.6 Å². The van der Waals surface area contributed by atoms with Crippen molar-refractivity contribution in [2.75, 3.05) is 0 Å². The second-order valence-corrected chi connectivity index (χ2v) is 6.67. The van der Waals surface area contributed by atoms with E-state index in [4.69, 9.17) is 4.74 Å². The Hall–Kier alpha value is -2.35. The lowest BCUT2D eigenvalue weighted by molar-refractivity contribution is -0.134. The molecule has 0 atom stereocenters. The van der Waals surface area contributed by atoms with E-state index in [0.29, 0.717) is 12.2 Å². The average Bonchev–Trinajstić information content (AvgIpc) is 2.63. The van der Waals surface area contributed by atoms with Gasteiger partial charge in [-0.05, 0) is 40.8 Å². The van der Waals surface area contributed by atoms with Crippen LogP contribution < -0.4 is 4.74 Å². The van der Waals surface area contributed by atoms with E-state index in [1.807, 2.05) is 24.3 Å². The Morgan fingerprint density at radius 2 is 1.48 bits per heavy atom. The number of carbonyl (C=O) groups excluding carboxylic acids is 1. The molecular weight excluding hydrogens is 308 g/mol. The minimum absolute atomic E-state index is 0.129. The molecule has 0 amide bonds. The minimum atomic E-state index is -0.129. The molecule has 130 valence electrons. The van der Waals surface area contributed by atoms with Gasteiger partial charge in [0.1, 0.15) is 5.75 Å². The van der Waals surface area contributed by atoms with Gasteiger partial charge >= 0.3 is 5.97 Å². The van der Waals surface area contributed by atoms with Crippen LogP contribution in [-0.4, -0.2) is 5.97 Å². The molecule has 0 heterocycles. The lowest BCUT2D eigenvalue weighted by Crippen LogP contribution is -2.07. The van der Waals surface area contributed by atoms with E-state index in [0.717, 1.165) is 29.0 Å². The van der Waals surface area contributed by atoms with Crippen molar-refractivity contribution >= 4 is 27.5 Å². The van der Waals surface area contributed by atoms with E-state index in [9.17, 15) is 4.79 Å². The van der Waals surface area contributed by atoms with Gasteiger partial charge in [-0.1, -0.05) is 75.4 Å². The first-order valence-electron chi connectivity index (χ1n) is 9.40. The van der Waals surface area contributed by atoms with Crippen LogP contribution in [0.25, 0.3) is 21.5 Å². The molecule has 0 saturated heterocycles. The number of hydrogen-bond donors (Lipinski definition) is 0. The van der Waals surface area contributed by atoms with Gasteiger partial charge in [0.15, 0.2) is 0 Å². The van der Waals surface area contributed by atoms with Gasteiger partial charge in [-0.15, -0.1) is 0 Å². The third-order valence-electron chi connectivity index (χ3n) is 4.66. The molecule has 2 nitrogen and oxygen atoms in total. The smallest absolute Gasteiger partial charge is 0.311 e. The van der Waals surface area contributed by atoms with E-state index in [1.54, 1.807) is 0 Å². The van der Waals surface area contributed by atoms with E-state index < -0.39 is 0 Å². The van der Waals surface area contributed by atoms with Crippen molar-refractivity contribution in [3.8, 4) is 5.75 Å². The Balaban J connectivity index is 1.66. The van der Waals surface area contributed by atoms with Gasteiger partial charge in [-0.25, -0.2) is 0 Å². The molecule has 0 unspecified atom stereocenters. The standard InChI is InChI=1S/C23H26O2/c1-2-3-4-5-6-7-15-23(24)25-22-14-10-13-20-16-18-11-8-9-12-19(18)17-21(20)22/h8-14,16-17H,2-7,15H2,1H3. The quantitative estimate of drug-likeness (QED) is 0.199. The monoisotopic (exact) mass is 334 g/mol. The van der Waals surface area contributed by atoms with Gasteiger partial charge in [-0.2, -0.15) is 0 Å². The maximum atomic E-state index is 12.2. The Kier molecular flexibility index (Phi) is 6.05. The van der Waals surface area contributed by atoms with Crippen molar-refractivity contribution in [1.29, 1.82) is 0 Å². The van der Waals surface area contributed by atoms with Gasteiger partial charge in [0.25, 0.3) is 0 Å². The average molecular weight is 334 g/mol. The largest absolute Gasteiger partial charge is 0.426 e. The summed E-state index contributed by atoms with van der Waals surface area (Å²) in [5, 5.41) is 4.46. The van der Waals surface area contributed by atoms with Crippen LogP contribution in [-0.2, 0) is 4.79 Å². The number of carbonyl (C=O) groups is 1. The van der Waals surface area contributed by atoms with Crippen molar-refractivity contribution in [2.45, 2.75) is 51.9 Å². The predicted molar refractivity (Wildman–Crippen MR) is 105 cm³/mol. The molecular formula is C23H26O2. The Bertz CT molecular complexity index is 851. The summed E-state index contributed by atoms with van der Waals surface area (Å²) in [6, 6.07) is 18.4. The molecule has 0 aromatic heterocycles. The highest BCUT2D eigenvalue weighted by atomic mass is 16.5. The van der Waals surface area contributed by atoms with Crippen LogP contribution in [0, 0.1) is 0 Å². The van der Waals surface area contributed by atoms with E-state index >= 15 is 0 Å². The predicted octanol–water partition coefficient (Wildman–Crippen LogP) is 6.65. The third-order valence-corrected chi connectivity index (χ3v) is 4.66. The molecule has 0 aliphatic carbocycles. The fourth-order valence-corrected chi connectivity index (χ4v) is 3.25. The third kappa shape index (κ3) is 4.60. The maximum Gasteiger partial charge on any atom is 0.311 e. The van der Waals surface area contributed by atoms with Crippen molar-refractivity contribution < 1.29 is 9.53 Å². The molecule has 0 aliphatic rings. The summed E-state index contributed by atoms with van der Waals surface area (Å²) in [5.74, 6) is 0.537. The van der Waals surface area contributed by atoms with Crippen LogP contribution >= 0.6 is 0 Å². The number of unbranched alkanes of at least 4 members (excludes halogenated alkanes) is 5. The van der Waals surface area contributed by atoms with E-state index in [-0.39, 0.29) is 5.97 Å². The number of ether oxygens (including phenoxy) is 1. The molecule has 0 bridgehead atoms. The SMILES string of the molecule is CCCCCCCCC(=O)Oc1cccc2cc3ccccc3cc12. The molecule has 2 heteroatoms. The molecule has 0 aliphatic heterocycles. The second-order valence-electron chi connectivity index (χ2n) is 6.67. The molecule has 0 fully saturated rings. The summed E-state index contributed by atoms with van der Waals surface area (Å²) < 4.78 is 5.67. The molecule has 3 rings (SSSR count). The van der Waals surface area contributed by atoms with Crippen LogP contribution in [0.5, 0.6) is 5.75 Å². The lowest BCUT2D eigenvalue weighted by Gasteiger charge is -2.09. The summed E-state index contributed by atoms with van der Waals surface area (Å²) in [4.78, 5) is 12.2. The lowest BCUT2D eigenvalue weighted by atomic mass is 10.0. The van der Waals surface area contributed by atoms with Gasteiger partial charge in [-0.3, -0.25) is 4.79 Å². The number of esters is 1. The minimum Gasteiger partial charge on any atom is -0.426 e. The molecule has 0 N–H and O–H groups in total. The summed E-state index contributed by atoms with van der Waals surface area (Å²) in [6.07, 6.45) is 7.52. The molecule has 0 radical (unpaired) electrons. The maximum absolute atomic E-state index is 12.2. The van der Waals surface area contributed by atoms with Crippen LogP contribution in [0.4, 0.5) is 0 Å². The normalized spacial score (nSPS) is 11.1. The van der Waals surface area contributed by atoms with Crippen LogP contribution in [0.1, 0.15) is 51.9 Å². The number of benzene rings is 3. The van der Waals surface area contributed by atoms with Crippen molar-refractivity contribution in [2.24, 2.45) is 0 Å². The molecule has 25 heavy (non-hydrogen) atoms. The highest BCUT2D eigenvalue weighted by Gasteiger charge is 2.09. The number of rotatable bonds is 8. The first-order chi connectivity index (χ1) is 12.3. The zero-order valence-corrected chi connectivity index (χ0v) is 15.0. The highest BCUT2D eigenvalue weighted by Crippen LogP contribution is 2.30. The molecule has 3 aromatic carbocycles. The Morgan fingerprint density at radius 1 is 0.800 bits per heavy atom. The molecule has 0 saturated carbocycles. The topological polar surface area (TPSA) is 26.3 Å². The number of hydrogen-bond acceptors (Lipinski definition) is 2. The van der Waals surface area contributed by atoms with Crippen LogP contribution in [0.2, 0.25) is 0 Å². The van der Waals surface area contributed by atoms with Gasteiger partial charge in [0.2, 0.25) is 0 Å². The van der Waals surface area contributed by atoms with E-state index in [1.165, 1.54) is 31.1 Å². The van der Waals surface area contributed by atoms with Gasteiger partial charge < -0.3 is 4.74 Å². The zero-order valence-electron chi connectivity index (χ0n) is 15.0. The summed E-state index contributed by atoms with van der Waals surface area (Å²) in [6.45, 7) is 2.21. The fourth-order valence-electron chi connectivity index (χ4n) is 3.25. The number of fused-ring (bicyclic) bond motifs is 2. The van der Waals surface area contributed by atoms with E-state index in [2.05, 4.69) is 37.3 Å². The Morgan fingerprint density at radius 3 is 2.28 bits per heavy atom. The van der Waals surface area contributed by atoms with Crippen LogP contribution in [0.3, 0.4) is 0 Å². The summed E-state index contributed by atoms with van der Waals surface area (Å²) in [5.41, 5.74) is 0. The molecule has 3 aromatic rings. The molecule has 0 spiro atoms. The van der Waals surface area contributed by atoms with Crippen molar-refractivity contribution in [1.82, 2.24) is 0 Å². The summed E-state index contributed by atoms with van der Waals surface area (Å²) in [7, 11) is 0. The zero-order chi connectivity index (χ0) is 17.5. The van der Waals surface area contributed by atoms with Crippen molar-refractivity contribution in [3.63, 3.8) is 0 Å². The van der Waals surface area contributed by atoms with Gasteiger partial charge in [0, 0.05) is 11.8 Å². The highest BCUT2D eigenvalue weighted by molar-refractivity contribution is 6.01.